The lowest BCUT2D eigenvalue weighted by atomic mass is 9.95. The standard InChI is InChI=1S/C13H15ClN2O3/c1-13(12(18)19,7-5-6-7)16-9-4-2-3-8(14)10(9)11(15)17/h2-4,7,16H,5-6H2,1H3,(H2,15,17)(H,18,19). The second-order valence-electron chi connectivity index (χ2n) is 4.93. The minimum Gasteiger partial charge on any atom is -0.480 e. The third-order valence-electron chi connectivity index (χ3n) is 3.49. The summed E-state index contributed by atoms with van der Waals surface area (Å²) in [7, 11) is 0. The summed E-state index contributed by atoms with van der Waals surface area (Å²) in [5.74, 6) is -1.59. The van der Waals surface area contributed by atoms with E-state index >= 15 is 0 Å². The number of hydrogen-bond acceptors (Lipinski definition) is 3. The molecule has 1 fully saturated rings. The number of carbonyl (C=O) groups is 2. The molecule has 0 heterocycles. The molecule has 1 aliphatic rings. The van der Waals surface area contributed by atoms with E-state index in [1.165, 1.54) is 0 Å². The van der Waals surface area contributed by atoms with Gasteiger partial charge in [0.15, 0.2) is 0 Å². The Hall–Kier alpha value is -1.75. The predicted molar refractivity (Wildman–Crippen MR) is 72.4 cm³/mol. The Labute approximate surface area is 115 Å². The summed E-state index contributed by atoms with van der Waals surface area (Å²) < 4.78 is 0. The highest BCUT2D eigenvalue weighted by molar-refractivity contribution is 6.34. The quantitative estimate of drug-likeness (QED) is 0.771. The minimum absolute atomic E-state index is 0.0460. The zero-order chi connectivity index (χ0) is 14.2. The van der Waals surface area contributed by atoms with Gasteiger partial charge in [0, 0.05) is 5.69 Å². The van der Waals surface area contributed by atoms with Crippen LogP contribution in [-0.4, -0.2) is 22.5 Å². The van der Waals surface area contributed by atoms with Crippen molar-refractivity contribution in [2.75, 3.05) is 5.32 Å². The molecule has 1 unspecified atom stereocenters. The van der Waals surface area contributed by atoms with Crippen LogP contribution in [0.3, 0.4) is 0 Å². The maximum Gasteiger partial charge on any atom is 0.329 e. The van der Waals surface area contributed by atoms with Crippen molar-refractivity contribution in [3.8, 4) is 0 Å². The number of primary amides is 1. The van der Waals surface area contributed by atoms with Crippen molar-refractivity contribution in [2.45, 2.75) is 25.3 Å². The number of carboxylic acid groups (broad SMARTS) is 1. The van der Waals surface area contributed by atoms with Gasteiger partial charge in [0.25, 0.3) is 5.91 Å². The predicted octanol–water partition coefficient (Wildman–Crippen LogP) is 2.10. The molecule has 0 aliphatic heterocycles. The Bertz CT molecular complexity index is 543. The first-order valence-corrected chi connectivity index (χ1v) is 6.34. The number of carbonyl (C=O) groups excluding carboxylic acids is 1. The van der Waals surface area contributed by atoms with E-state index in [1.807, 2.05) is 0 Å². The van der Waals surface area contributed by atoms with Gasteiger partial charge in [-0.1, -0.05) is 17.7 Å². The summed E-state index contributed by atoms with van der Waals surface area (Å²) in [6.07, 6.45) is 1.70. The number of benzene rings is 1. The van der Waals surface area contributed by atoms with Crippen molar-refractivity contribution >= 4 is 29.2 Å². The van der Waals surface area contributed by atoms with Crippen LogP contribution in [0.1, 0.15) is 30.1 Å². The van der Waals surface area contributed by atoms with Crippen LogP contribution in [0.4, 0.5) is 5.69 Å². The molecule has 1 atom stereocenters. The van der Waals surface area contributed by atoms with Crippen LogP contribution in [0.2, 0.25) is 5.02 Å². The summed E-state index contributed by atoms with van der Waals surface area (Å²) in [5.41, 5.74) is 4.66. The molecule has 1 aliphatic carbocycles. The number of hydrogen-bond donors (Lipinski definition) is 3. The Morgan fingerprint density at radius 2 is 2.11 bits per heavy atom. The summed E-state index contributed by atoms with van der Waals surface area (Å²) in [6.45, 7) is 1.61. The lowest BCUT2D eigenvalue weighted by Crippen LogP contribution is -2.46. The number of aliphatic carboxylic acids is 1. The molecule has 0 saturated heterocycles. The zero-order valence-electron chi connectivity index (χ0n) is 10.4. The maximum atomic E-state index is 11.5. The molecule has 102 valence electrons. The van der Waals surface area contributed by atoms with Crippen molar-refractivity contribution < 1.29 is 14.7 Å². The fraction of sp³-hybridized carbons (Fsp3) is 0.385. The van der Waals surface area contributed by atoms with Crippen LogP contribution < -0.4 is 11.1 Å². The van der Waals surface area contributed by atoms with E-state index in [4.69, 9.17) is 17.3 Å². The molecule has 19 heavy (non-hydrogen) atoms. The summed E-state index contributed by atoms with van der Waals surface area (Å²) in [5, 5.41) is 12.5. The molecule has 0 spiro atoms. The SMILES string of the molecule is CC(Nc1cccc(Cl)c1C(N)=O)(C(=O)O)C1CC1. The first-order valence-electron chi connectivity index (χ1n) is 5.96. The molecule has 1 amide bonds. The van der Waals surface area contributed by atoms with E-state index in [2.05, 4.69) is 5.32 Å². The molecule has 6 heteroatoms. The second kappa shape index (κ2) is 4.74. The smallest absolute Gasteiger partial charge is 0.329 e. The Morgan fingerprint density at radius 1 is 1.47 bits per heavy atom. The van der Waals surface area contributed by atoms with Crippen LogP contribution in [0.5, 0.6) is 0 Å². The van der Waals surface area contributed by atoms with Gasteiger partial charge < -0.3 is 16.2 Å². The van der Waals surface area contributed by atoms with Crippen molar-refractivity contribution in [3.63, 3.8) is 0 Å². The van der Waals surface area contributed by atoms with Gasteiger partial charge in [-0.2, -0.15) is 0 Å². The summed E-state index contributed by atoms with van der Waals surface area (Å²) in [4.78, 5) is 22.9. The fourth-order valence-corrected chi connectivity index (χ4v) is 2.42. The first-order chi connectivity index (χ1) is 8.86. The molecule has 0 aromatic heterocycles. The van der Waals surface area contributed by atoms with Crippen molar-refractivity contribution in [1.29, 1.82) is 0 Å². The normalized spacial score (nSPS) is 17.6. The van der Waals surface area contributed by atoms with E-state index in [0.717, 1.165) is 12.8 Å². The Balaban J connectivity index is 2.40. The molecule has 4 N–H and O–H groups in total. The van der Waals surface area contributed by atoms with E-state index in [9.17, 15) is 14.7 Å². The average Bonchev–Trinajstić information content (AvgIpc) is 3.11. The number of amides is 1. The van der Waals surface area contributed by atoms with Gasteiger partial charge in [0.1, 0.15) is 5.54 Å². The first kappa shape index (κ1) is 13.7. The molecule has 2 rings (SSSR count). The largest absolute Gasteiger partial charge is 0.480 e. The maximum absolute atomic E-state index is 11.5. The van der Waals surface area contributed by atoms with Gasteiger partial charge in [-0.15, -0.1) is 0 Å². The molecular weight excluding hydrogens is 268 g/mol. The minimum atomic E-state index is -1.12. The van der Waals surface area contributed by atoms with Crippen LogP contribution in [-0.2, 0) is 4.79 Å². The number of nitrogens with two attached hydrogens (primary N) is 1. The van der Waals surface area contributed by atoms with Crippen LogP contribution in [0.15, 0.2) is 18.2 Å². The fourth-order valence-electron chi connectivity index (χ4n) is 2.15. The van der Waals surface area contributed by atoms with Crippen LogP contribution >= 0.6 is 11.6 Å². The Kier molecular flexibility index (Phi) is 3.41. The summed E-state index contributed by atoms with van der Waals surface area (Å²) in [6, 6.07) is 4.80. The Morgan fingerprint density at radius 3 is 2.58 bits per heavy atom. The van der Waals surface area contributed by atoms with Crippen LogP contribution in [0.25, 0.3) is 0 Å². The monoisotopic (exact) mass is 282 g/mol. The molecule has 1 aromatic rings. The molecule has 0 bridgehead atoms. The van der Waals surface area contributed by atoms with Crippen molar-refractivity contribution in [3.05, 3.63) is 28.8 Å². The second-order valence-corrected chi connectivity index (χ2v) is 5.34. The lowest BCUT2D eigenvalue weighted by Gasteiger charge is -2.28. The molecule has 0 radical (unpaired) electrons. The van der Waals surface area contributed by atoms with E-state index in [1.54, 1.807) is 25.1 Å². The number of halogens is 1. The van der Waals surface area contributed by atoms with Crippen molar-refractivity contribution in [2.24, 2.45) is 11.7 Å². The number of anilines is 1. The molecule has 5 nitrogen and oxygen atoms in total. The number of rotatable bonds is 5. The van der Waals surface area contributed by atoms with Gasteiger partial charge in [-0.25, -0.2) is 4.79 Å². The summed E-state index contributed by atoms with van der Waals surface area (Å²) >= 11 is 5.94. The highest BCUT2D eigenvalue weighted by atomic mass is 35.5. The topological polar surface area (TPSA) is 92.4 Å². The van der Waals surface area contributed by atoms with Gasteiger partial charge >= 0.3 is 5.97 Å². The lowest BCUT2D eigenvalue weighted by molar-refractivity contribution is -0.142. The molecule has 1 aromatic carbocycles. The van der Waals surface area contributed by atoms with E-state index in [-0.39, 0.29) is 16.5 Å². The van der Waals surface area contributed by atoms with Crippen molar-refractivity contribution in [1.82, 2.24) is 0 Å². The highest BCUT2D eigenvalue weighted by Gasteiger charge is 2.48. The number of carboxylic acids is 1. The van der Waals surface area contributed by atoms with E-state index < -0.39 is 17.4 Å². The third-order valence-corrected chi connectivity index (χ3v) is 3.81. The van der Waals surface area contributed by atoms with Gasteiger partial charge in [0.05, 0.1) is 10.6 Å². The van der Waals surface area contributed by atoms with Crippen LogP contribution in [0, 0.1) is 5.92 Å². The molecular formula is C13H15ClN2O3. The van der Waals surface area contributed by atoms with E-state index in [0.29, 0.717) is 5.69 Å². The van der Waals surface area contributed by atoms with Gasteiger partial charge in [-0.05, 0) is 37.8 Å². The average molecular weight is 283 g/mol. The zero-order valence-corrected chi connectivity index (χ0v) is 11.2. The number of nitrogens with one attached hydrogen (secondary N) is 1. The highest BCUT2D eigenvalue weighted by Crippen LogP contribution is 2.42. The molecule has 1 saturated carbocycles. The van der Waals surface area contributed by atoms with Gasteiger partial charge in [0.2, 0.25) is 0 Å². The third kappa shape index (κ3) is 2.51. The van der Waals surface area contributed by atoms with Gasteiger partial charge in [-0.3, -0.25) is 4.79 Å².